The van der Waals surface area contributed by atoms with Crippen molar-refractivity contribution in [2.45, 2.75) is 71.1 Å². The molecule has 1 unspecified atom stereocenters. The van der Waals surface area contributed by atoms with Crippen molar-refractivity contribution in [2.75, 3.05) is 19.8 Å². The van der Waals surface area contributed by atoms with Gasteiger partial charge >= 0.3 is 0 Å². The van der Waals surface area contributed by atoms with Crippen LogP contribution in [0.3, 0.4) is 0 Å². The highest BCUT2D eigenvalue weighted by atomic mass is 16.5. The van der Waals surface area contributed by atoms with Crippen LogP contribution >= 0.6 is 0 Å². The number of hydrogen-bond donors (Lipinski definition) is 1. The summed E-state index contributed by atoms with van der Waals surface area (Å²) in [6, 6.07) is 0. The molecule has 1 fully saturated rings. The number of imidazole rings is 1. The van der Waals surface area contributed by atoms with Crippen LogP contribution in [0, 0.1) is 5.92 Å². The second kappa shape index (κ2) is 9.31. The first kappa shape index (κ1) is 19.1. The van der Waals surface area contributed by atoms with Gasteiger partial charge in [0.2, 0.25) is 0 Å². The number of carbonyl (C=O) groups excluding carboxylic acids is 1. The smallest absolute Gasteiger partial charge is 0.193 e. The fourth-order valence-electron chi connectivity index (χ4n) is 3.92. The fraction of sp³-hybridized carbons (Fsp3) is 0.750. The van der Waals surface area contributed by atoms with Gasteiger partial charge in [0.25, 0.3) is 0 Å². The molecule has 0 amide bonds. The third-order valence-electron chi connectivity index (χ3n) is 5.33. The quantitative estimate of drug-likeness (QED) is 0.723. The number of Topliss-reactive ketones (excluding diaryl/α,β-unsaturated/α-hetero) is 1. The lowest BCUT2D eigenvalue weighted by Gasteiger charge is -2.20. The van der Waals surface area contributed by atoms with E-state index >= 15 is 0 Å². The molecule has 0 aromatic carbocycles. The van der Waals surface area contributed by atoms with Crippen LogP contribution in [0.2, 0.25) is 0 Å². The van der Waals surface area contributed by atoms with Crippen molar-refractivity contribution in [2.24, 2.45) is 10.9 Å². The van der Waals surface area contributed by atoms with E-state index in [4.69, 9.17) is 19.5 Å². The average Bonchev–Trinajstić information content (AvgIpc) is 3.29. The molecular formula is C20H31N3O3. The predicted octanol–water partition coefficient (Wildman–Crippen LogP) is 4.54. The highest BCUT2D eigenvalue weighted by Gasteiger charge is 2.28. The average molecular weight is 361 g/mol. The Morgan fingerprint density at radius 3 is 2.69 bits per heavy atom. The first-order chi connectivity index (χ1) is 12.7. The number of nitrogens with zero attached hydrogens (tertiary/aromatic N) is 2. The molecule has 0 bridgehead atoms. The summed E-state index contributed by atoms with van der Waals surface area (Å²) in [4.78, 5) is 25.3. The number of hydrogen-bond acceptors (Lipinski definition) is 5. The van der Waals surface area contributed by atoms with Crippen LogP contribution in [0.1, 0.15) is 87.4 Å². The maximum absolute atomic E-state index is 12.6. The monoisotopic (exact) mass is 361 g/mol. The second-order valence-corrected chi connectivity index (χ2v) is 7.24. The van der Waals surface area contributed by atoms with E-state index in [1.165, 1.54) is 12.8 Å². The third kappa shape index (κ3) is 4.53. The van der Waals surface area contributed by atoms with Gasteiger partial charge in [0.05, 0.1) is 6.61 Å². The zero-order valence-corrected chi connectivity index (χ0v) is 16.1. The third-order valence-corrected chi connectivity index (χ3v) is 5.33. The van der Waals surface area contributed by atoms with Gasteiger partial charge in [0.15, 0.2) is 17.5 Å². The van der Waals surface area contributed by atoms with Crippen LogP contribution in [0.25, 0.3) is 0 Å². The SMILES string of the molecule is CCCC1CCC(=O)c2[nH]c(C3CCCC3)nc2N=C1OCCOCC. The number of rotatable bonds is 7. The molecule has 0 saturated heterocycles. The fourth-order valence-corrected chi connectivity index (χ4v) is 3.92. The molecule has 1 aromatic rings. The number of aromatic nitrogens is 2. The number of H-pyrrole nitrogens is 1. The standard InChI is InChI=1S/C20H31N3O3/c1-3-7-15-10-11-16(24)17-19(23-20(15)26-13-12-25-4-2)22-18(21-17)14-8-5-6-9-14/h14-15H,3-13H2,1-2H3,(H,21,22). The number of aliphatic imine (C=N–C) groups is 1. The summed E-state index contributed by atoms with van der Waals surface area (Å²) in [6.45, 7) is 5.83. The summed E-state index contributed by atoms with van der Waals surface area (Å²) in [7, 11) is 0. The van der Waals surface area contributed by atoms with E-state index in [2.05, 4.69) is 11.9 Å². The number of ketones is 1. The summed E-state index contributed by atoms with van der Waals surface area (Å²) in [5.74, 6) is 2.88. The van der Waals surface area contributed by atoms with Gasteiger partial charge in [-0.15, -0.1) is 0 Å². The molecule has 1 N–H and O–H groups in total. The van der Waals surface area contributed by atoms with Crippen LogP contribution < -0.4 is 0 Å². The molecule has 6 heteroatoms. The van der Waals surface area contributed by atoms with Crippen molar-refractivity contribution in [1.29, 1.82) is 0 Å². The van der Waals surface area contributed by atoms with Crippen molar-refractivity contribution in [1.82, 2.24) is 9.97 Å². The van der Waals surface area contributed by atoms with Gasteiger partial charge in [0, 0.05) is 24.9 Å². The molecule has 1 aromatic heterocycles. The van der Waals surface area contributed by atoms with E-state index in [-0.39, 0.29) is 11.7 Å². The molecule has 2 aliphatic rings. The molecule has 1 aliphatic heterocycles. The molecule has 1 atom stereocenters. The number of carbonyl (C=O) groups is 1. The van der Waals surface area contributed by atoms with Crippen LogP contribution in [0.15, 0.2) is 4.99 Å². The minimum absolute atomic E-state index is 0.120. The summed E-state index contributed by atoms with van der Waals surface area (Å²) < 4.78 is 11.4. The lowest BCUT2D eigenvalue weighted by atomic mass is 9.94. The van der Waals surface area contributed by atoms with Crippen molar-refractivity contribution in [3.63, 3.8) is 0 Å². The van der Waals surface area contributed by atoms with Crippen molar-refractivity contribution < 1.29 is 14.3 Å². The molecule has 0 spiro atoms. The Bertz CT molecular complexity index is 632. The van der Waals surface area contributed by atoms with Gasteiger partial charge in [-0.25, -0.2) is 4.98 Å². The lowest BCUT2D eigenvalue weighted by Crippen LogP contribution is -2.23. The van der Waals surface area contributed by atoms with E-state index in [1.807, 2.05) is 6.92 Å². The van der Waals surface area contributed by atoms with Crippen molar-refractivity contribution in [3.8, 4) is 0 Å². The number of fused-ring (bicyclic) bond motifs is 1. The summed E-state index contributed by atoms with van der Waals surface area (Å²) >= 11 is 0. The van der Waals surface area contributed by atoms with E-state index in [9.17, 15) is 4.79 Å². The van der Waals surface area contributed by atoms with Gasteiger partial charge in [-0.1, -0.05) is 26.2 Å². The predicted molar refractivity (Wildman–Crippen MR) is 101 cm³/mol. The summed E-state index contributed by atoms with van der Waals surface area (Å²) in [5.41, 5.74) is 0.563. The molecular weight excluding hydrogens is 330 g/mol. The normalized spacial score (nSPS) is 21.2. The Hall–Kier alpha value is -1.69. The van der Waals surface area contributed by atoms with E-state index < -0.39 is 0 Å². The Morgan fingerprint density at radius 2 is 1.96 bits per heavy atom. The minimum Gasteiger partial charge on any atom is -0.478 e. The van der Waals surface area contributed by atoms with Crippen LogP contribution in [-0.4, -0.2) is 41.5 Å². The molecule has 26 heavy (non-hydrogen) atoms. The maximum atomic E-state index is 12.6. The zero-order valence-electron chi connectivity index (χ0n) is 16.1. The van der Waals surface area contributed by atoms with Gasteiger partial charge in [-0.2, -0.15) is 4.99 Å². The summed E-state index contributed by atoms with van der Waals surface area (Å²) in [5, 5.41) is 0. The molecule has 6 nitrogen and oxygen atoms in total. The first-order valence-electron chi connectivity index (χ1n) is 10.1. The van der Waals surface area contributed by atoms with Gasteiger partial charge in [-0.05, 0) is 32.6 Å². The molecule has 0 radical (unpaired) electrons. The topological polar surface area (TPSA) is 76.6 Å². The molecule has 2 heterocycles. The van der Waals surface area contributed by atoms with Gasteiger partial charge < -0.3 is 14.5 Å². The Balaban J connectivity index is 1.86. The number of nitrogens with one attached hydrogen (secondary N) is 1. The highest BCUT2D eigenvalue weighted by molar-refractivity contribution is 6.00. The van der Waals surface area contributed by atoms with Crippen molar-refractivity contribution >= 4 is 17.5 Å². The molecule has 1 aliphatic carbocycles. The number of aromatic amines is 1. The largest absolute Gasteiger partial charge is 0.478 e. The highest BCUT2D eigenvalue weighted by Crippen LogP contribution is 2.35. The van der Waals surface area contributed by atoms with Gasteiger partial charge in [-0.3, -0.25) is 4.79 Å². The molecule has 1 saturated carbocycles. The van der Waals surface area contributed by atoms with E-state index in [1.54, 1.807) is 0 Å². The molecule has 144 valence electrons. The zero-order chi connectivity index (χ0) is 18.4. The van der Waals surface area contributed by atoms with E-state index in [0.29, 0.717) is 49.6 Å². The van der Waals surface area contributed by atoms with Crippen LogP contribution in [-0.2, 0) is 9.47 Å². The van der Waals surface area contributed by atoms with Crippen LogP contribution in [0.4, 0.5) is 5.82 Å². The summed E-state index contributed by atoms with van der Waals surface area (Å²) in [6.07, 6.45) is 8.04. The Morgan fingerprint density at radius 1 is 1.15 bits per heavy atom. The number of ether oxygens (including phenoxy) is 2. The van der Waals surface area contributed by atoms with Crippen molar-refractivity contribution in [3.05, 3.63) is 11.5 Å². The van der Waals surface area contributed by atoms with Crippen LogP contribution in [0.5, 0.6) is 0 Å². The first-order valence-corrected chi connectivity index (χ1v) is 10.1. The van der Waals surface area contributed by atoms with Gasteiger partial charge in [0.1, 0.15) is 18.1 Å². The minimum atomic E-state index is 0.120. The molecule has 3 rings (SSSR count). The Labute approximate surface area is 155 Å². The Kier molecular flexibility index (Phi) is 6.83. The maximum Gasteiger partial charge on any atom is 0.193 e. The lowest BCUT2D eigenvalue weighted by molar-refractivity contribution is 0.0955. The second-order valence-electron chi connectivity index (χ2n) is 7.24. The van der Waals surface area contributed by atoms with E-state index in [0.717, 1.165) is 37.9 Å².